The van der Waals surface area contributed by atoms with Crippen molar-refractivity contribution in [3.63, 3.8) is 0 Å². The van der Waals surface area contributed by atoms with Crippen molar-refractivity contribution in [2.45, 2.75) is 57.5 Å². The number of aromatic nitrogens is 2. The van der Waals surface area contributed by atoms with Gasteiger partial charge in [0.2, 0.25) is 0 Å². The molecular weight excluding hydrogens is 469 g/mol. The van der Waals surface area contributed by atoms with Crippen LogP contribution in [-0.2, 0) is 9.47 Å². The predicted octanol–water partition coefficient (Wildman–Crippen LogP) is 5.12. The molecule has 9 heteroatoms. The lowest BCUT2D eigenvalue weighted by Gasteiger charge is -2.34. The van der Waals surface area contributed by atoms with Crippen molar-refractivity contribution in [2.24, 2.45) is 5.41 Å². The number of methoxy groups -OCH3 is 1. The van der Waals surface area contributed by atoms with Gasteiger partial charge in [0.1, 0.15) is 11.6 Å². The molecule has 0 bridgehead atoms. The number of anilines is 2. The summed E-state index contributed by atoms with van der Waals surface area (Å²) >= 11 is 6.37. The zero-order chi connectivity index (χ0) is 24.7. The van der Waals surface area contributed by atoms with Gasteiger partial charge in [-0.25, -0.2) is 14.4 Å². The Hall–Kier alpha value is -2.00. The van der Waals surface area contributed by atoms with Crippen LogP contribution in [0.2, 0.25) is 5.15 Å². The molecule has 3 heterocycles. The summed E-state index contributed by atoms with van der Waals surface area (Å²) in [6, 6.07) is 4.49. The predicted molar refractivity (Wildman–Crippen MR) is 139 cm³/mol. The van der Waals surface area contributed by atoms with Crippen molar-refractivity contribution >= 4 is 23.1 Å². The lowest BCUT2D eigenvalue weighted by molar-refractivity contribution is 0.0300. The molecule has 192 valence electrons. The van der Waals surface area contributed by atoms with Crippen molar-refractivity contribution in [3.8, 4) is 11.1 Å². The topological polar surface area (TPSA) is 80.3 Å². The number of nitrogens with one attached hydrogen (secondary N) is 3. The second-order valence-electron chi connectivity index (χ2n) is 10.0. The minimum atomic E-state index is -0.381. The van der Waals surface area contributed by atoms with Crippen molar-refractivity contribution in [2.75, 3.05) is 50.7 Å². The molecule has 0 atom stereocenters. The van der Waals surface area contributed by atoms with E-state index in [4.69, 9.17) is 21.1 Å². The van der Waals surface area contributed by atoms with Gasteiger partial charge in [0.25, 0.3) is 0 Å². The van der Waals surface area contributed by atoms with Gasteiger partial charge < -0.3 is 25.4 Å². The molecule has 0 aromatic carbocycles. The number of halogens is 2. The van der Waals surface area contributed by atoms with Gasteiger partial charge in [-0.1, -0.05) is 18.5 Å². The number of nitrogens with zero attached hydrogens (tertiary/aromatic N) is 2. The number of hydrogen-bond donors (Lipinski definition) is 3. The van der Waals surface area contributed by atoms with Gasteiger partial charge >= 0.3 is 0 Å². The highest BCUT2D eigenvalue weighted by Gasteiger charge is 2.27. The lowest BCUT2D eigenvalue weighted by Crippen LogP contribution is -2.38. The first-order valence-electron chi connectivity index (χ1n) is 12.6. The van der Waals surface area contributed by atoms with E-state index < -0.39 is 0 Å². The molecular formula is C26H37ClFN5O2. The van der Waals surface area contributed by atoms with Crippen molar-refractivity contribution in [1.29, 1.82) is 0 Å². The van der Waals surface area contributed by atoms with Crippen LogP contribution in [0, 0.1) is 11.2 Å². The van der Waals surface area contributed by atoms with Crippen LogP contribution in [-0.4, -0.2) is 62.1 Å². The standard InChI is InChI=1S/C26H37ClFN5O2/c1-26(7-10-35-11-8-26)17-32-23-13-18(15-31-25(23)27)21-14-24(30-16-22(21)28)33-20-5-3-19(4-6-20)29-9-12-34-2/h13-16,19-20,29,32H,3-12,17H2,1-2H3,(H,30,33). The molecule has 1 aliphatic carbocycles. The third-order valence-corrected chi connectivity index (χ3v) is 7.53. The summed E-state index contributed by atoms with van der Waals surface area (Å²) in [4.78, 5) is 8.61. The van der Waals surface area contributed by atoms with Crippen LogP contribution in [0.25, 0.3) is 11.1 Å². The molecule has 0 spiro atoms. The lowest BCUT2D eigenvalue weighted by atomic mass is 9.82. The molecule has 4 rings (SSSR count). The fourth-order valence-electron chi connectivity index (χ4n) is 4.82. The van der Waals surface area contributed by atoms with Gasteiger partial charge in [-0.2, -0.15) is 0 Å². The Labute approximate surface area is 212 Å². The summed E-state index contributed by atoms with van der Waals surface area (Å²) < 4.78 is 25.4. The largest absolute Gasteiger partial charge is 0.383 e. The second-order valence-corrected chi connectivity index (χ2v) is 10.4. The smallest absolute Gasteiger partial charge is 0.152 e. The molecule has 0 unspecified atom stereocenters. The van der Waals surface area contributed by atoms with Gasteiger partial charge in [-0.05, 0) is 56.1 Å². The highest BCUT2D eigenvalue weighted by atomic mass is 35.5. The SMILES string of the molecule is COCCNC1CCC(Nc2cc(-c3cnc(Cl)c(NCC4(C)CCOCC4)c3)c(F)cn2)CC1. The highest BCUT2D eigenvalue weighted by molar-refractivity contribution is 6.32. The average Bonchev–Trinajstić information content (AvgIpc) is 2.86. The Morgan fingerprint density at radius 1 is 1.11 bits per heavy atom. The normalized spacial score (nSPS) is 22.1. The molecule has 2 aliphatic rings. The van der Waals surface area contributed by atoms with E-state index in [1.807, 2.05) is 6.07 Å². The first-order chi connectivity index (χ1) is 17.0. The molecule has 1 aliphatic heterocycles. The quantitative estimate of drug-likeness (QED) is 0.305. The Balaban J connectivity index is 1.40. The van der Waals surface area contributed by atoms with E-state index in [9.17, 15) is 4.39 Å². The molecule has 7 nitrogen and oxygen atoms in total. The molecule has 1 saturated carbocycles. The Kier molecular flexibility index (Phi) is 9.16. The molecule has 0 amide bonds. The van der Waals surface area contributed by atoms with Crippen LogP contribution in [0.3, 0.4) is 0 Å². The van der Waals surface area contributed by atoms with E-state index in [1.165, 1.54) is 6.20 Å². The monoisotopic (exact) mass is 505 g/mol. The van der Waals surface area contributed by atoms with Gasteiger partial charge in [0, 0.05) is 62.8 Å². The first kappa shape index (κ1) is 26.1. The highest BCUT2D eigenvalue weighted by Crippen LogP contribution is 2.33. The minimum Gasteiger partial charge on any atom is -0.383 e. The van der Waals surface area contributed by atoms with Crippen LogP contribution in [0.5, 0.6) is 0 Å². The van der Waals surface area contributed by atoms with Crippen molar-refractivity contribution < 1.29 is 13.9 Å². The fourth-order valence-corrected chi connectivity index (χ4v) is 4.99. The van der Waals surface area contributed by atoms with E-state index in [1.54, 1.807) is 19.4 Å². The van der Waals surface area contributed by atoms with Gasteiger partial charge in [0.15, 0.2) is 5.15 Å². The molecule has 0 radical (unpaired) electrons. The van der Waals surface area contributed by atoms with Gasteiger partial charge in [-0.3, -0.25) is 0 Å². The maximum absolute atomic E-state index is 14.8. The van der Waals surface area contributed by atoms with E-state index in [2.05, 4.69) is 32.8 Å². The summed E-state index contributed by atoms with van der Waals surface area (Å²) in [5.41, 5.74) is 1.97. The number of hydrogen-bond acceptors (Lipinski definition) is 7. The Morgan fingerprint density at radius 3 is 2.60 bits per heavy atom. The first-order valence-corrected chi connectivity index (χ1v) is 13.0. The Bertz CT molecular complexity index is 965. The van der Waals surface area contributed by atoms with Gasteiger partial charge in [0.05, 0.1) is 18.5 Å². The fraction of sp³-hybridized carbons (Fsp3) is 0.615. The van der Waals surface area contributed by atoms with Crippen LogP contribution in [0.15, 0.2) is 24.5 Å². The second kappa shape index (κ2) is 12.3. The van der Waals surface area contributed by atoms with Crippen molar-refractivity contribution in [3.05, 3.63) is 35.5 Å². The molecule has 2 aromatic rings. The average molecular weight is 506 g/mol. The van der Waals surface area contributed by atoms with E-state index in [0.29, 0.717) is 39.9 Å². The third kappa shape index (κ3) is 7.26. The summed E-state index contributed by atoms with van der Waals surface area (Å²) in [5.74, 6) is 0.296. The zero-order valence-electron chi connectivity index (χ0n) is 20.7. The number of pyridine rings is 2. The summed E-state index contributed by atoms with van der Waals surface area (Å²) in [6.07, 6.45) is 9.14. The maximum atomic E-state index is 14.8. The minimum absolute atomic E-state index is 0.134. The van der Waals surface area contributed by atoms with E-state index >= 15 is 0 Å². The van der Waals surface area contributed by atoms with Crippen LogP contribution < -0.4 is 16.0 Å². The molecule has 35 heavy (non-hydrogen) atoms. The summed E-state index contributed by atoms with van der Waals surface area (Å²) in [6.45, 7) is 6.16. The van der Waals surface area contributed by atoms with Crippen LogP contribution >= 0.6 is 11.6 Å². The van der Waals surface area contributed by atoms with Crippen LogP contribution in [0.4, 0.5) is 15.9 Å². The number of ether oxygens (including phenoxy) is 2. The molecule has 1 saturated heterocycles. The van der Waals surface area contributed by atoms with E-state index in [0.717, 1.165) is 71.4 Å². The zero-order valence-corrected chi connectivity index (χ0v) is 21.5. The maximum Gasteiger partial charge on any atom is 0.152 e. The van der Waals surface area contributed by atoms with E-state index in [-0.39, 0.29) is 11.2 Å². The Morgan fingerprint density at radius 2 is 1.86 bits per heavy atom. The molecule has 2 fully saturated rings. The van der Waals surface area contributed by atoms with Gasteiger partial charge in [-0.15, -0.1) is 0 Å². The number of rotatable bonds is 10. The summed E-state index contributed by atoms with van der Waals surface area (Å²) in [7, 11) is 1.72. The van der Waals surface area contributed by atoms with Crippen LogP contribution in [0.1, 0.15) is 45.4 Å². The molecule has 3 N–H and O–H groups in total. The summed E-state index contributed by atoms with van der Waals surface area (Å²) in [5, 5.41) is 10.9. The molecule has 2 aromatic heterocycles. The van der Waals surface area contributed by atoms with Crippen molar-refractivity contribution in [1.82, 2.24) is 15.3 Å². The third-order valence-electron chi connectivity index (χ3n) is 7.23.